The van der Waals surface area contributed by atoms with Gasteiger partial charge in [0.2, 0.25) is 5.90 Å². The van der Waals surface area contributed by atoms with Crippen LogP contribution in [0.5, 0.6) is 11.5 Å². The highest BCUT2D eigenvalue weighted by atomic mass is 16.6. The SMILES string of the molecule is CCOc1cc(/C=C2\N=C(c3ccc(C)cc3)OC2=O)ccc1OC(=O)/C=C/c1cccc([N+](=O)[O-])c1. The summed E-state index contributed by atoms with van der Waals surface area (Å²) in [5.41, 5.74) is 2.89. The molecule has 0 saturated heterocycles. The maximum atomic E-state index is 12.4. The van der Waals surface area contributed by atoms with Crippen molar-refractivity contribution in [3.05, 3.63) is 111 Å². The van der Waals surface area contributed by atoms with E-state index >= 15 is 0 Å². The Labute approximate surface area is 212 Å². The zero-order chi connectivity index (χ0) is 26.4. The van der Waals surface area contributed by atoms with Crippen LogP contribution in [0.15, 0.2) is 83.5 Å². The van der Waals surface area contributed by atoms with Crippen molar-refractivity contribution in [2.75, 3.05) is 6.61 Å². The van der Waals surface area contributed by atoms with Crippen LogP contribution in [0.3, 0.4) is 0 Å². The van der Waals surface area contributed by atoms with E-state index in [-0.39, 0.29) is 23.0 Å². The summed E-state index contributed by atoms with van der Waals surface area (Å²) in [6.45, 7) is 4.05. The number of carbonyl (C=O) groups is 2. The number of carbonyl (C=O) groups excluding carboxylic acids is 2. The molecule has 0 spiro atoms. The molecule has 0 N–H and O–H groups in total. The summed E-state index contributed by atoms with van der Waals surface area (Å²) in [6.07, 6.45) is 4.14. The van der Waals surface area contributed by atoms with Crippen LogP contribution < -0.4 is 9.47 Å². The first-order valence-corrected chi connectivity index (χ1v) is 11.3. The molecule has 0 fully saturated rings. The highest BCUT2D eigenvalue weighted by Gasteiger charge is 2.24. The van der Waals surface area contributed by atoms with Crippen molar-refractivity contribution in [2.24, 2.45) is 4.99 Å². The maximum absolute atomic E-state index is 12.4. The van der Waals surface area contributed by atoms with Gasteiger partial charge >= 0.3 is 11.9 Å². The summed E-state index contributed by atoms with van der Waals surface area (Å²) in [5, 5.41) is 10.9. The molecule has 0 unspecified atom stereocenters. The standard InChI is InChI=1S/C28H22N2O7/c1-3-35-25-17-20(16-23-28(32)37-27(29-23)21-11-7-18(2)8-12-21)9-13-24(25)36-26(31)14-10-19-5-4-6-22(15-19)30(33)34/h4-17H,3H2,1-2H3/b14-10+,23-16-. The molecule has 3 aromatic carbocycles. The van der Waals surface area contributed by atoms with E-state index in [1.165, 1.54) is 30.4 Å². The fourth-order valence-electron chi connectivity index (χ4n) is 3.40. The molecule has 0 atom stereocenters. The Kier molecular flexibility index (Phi) is 7.53. The van der Waals surface area contributed by atoms with Gasteiger partial charge in [-0.15, -0.1) is 0 Å². The lowest BCUT2D eigenvalue weighted by atomic mass is 10.1. The molecule has 1 aliphatic rings. The second-order valence-corrected chi connectivity index (χ2v) is 7.95. The third-order valence-electron chi connectivity index (χ3n) is 5.19. The van der Waals surface area contributed by atoms with E-state index in [1.54, 1.807) is 37.3 Å². The molecule has 9 nitrogen and oxygen atoms in total. The molecule has 1 heterocycles. The van der Waals surface area contributed by atoms with Gasteiger partial charge in [-0.05, 0) is 61.4 Å². The Balaban J connectivity index is 1.51. The normalized spacial score (nSPS) is 13.9. The van der Waals surface area contributed by atoms with Gasteiger partial charge in [0.1, 0.15) is 0 Å². The van der Waals surface area contributed by atoms with Crippen molar-refractivity contribution in [3.8, 4) is 11.5 Å². The number of ether oxygens (including phenoxy) is 3. The van der Waals surface area contributed by atoms with Gasteiger partial charge in [-0.3, -0.25) is 10.1 Å². The van der Waals surface area contributed by atoms with Gasteiger partial charge in [0, 0.05) is 23.8 Å². The number of benzene rings is 3. The molecule has 37 heavy (non-hydrogen) atoms. The molecular formula is C28H22N2O7. The first kappa shape index (κ1) is 25.1. The van der Waals surface area contributed by atoms with Crippen molar-refractivity contribution in [1.82, 2.24) is 0 Å². The van der Waals surface area contributed by atoms with Crippen molar-refractivity contribution < 1.29 is 28.7 Å². The number of rotatable bonds is 8. The maximum Gasteiger partial charge on any atom is 0.363 e. The number of aliphatic imine (C=N–C) groups is 1. The molecule has 9 heteroatoms. The molecule has 186 valence electrons. The fraction of sp³-hybridized carbons (Fsp3) is 0.107. The Bertz CT molecular complexity index is 1450. The summed E-state index contributed by atoms with van der Waals surface area (Å²) < 4.78 is 16.3. The predicted octanol–water partition coefficient (Wildman–Crippen LogP) is 5.27. The minimum atomic E-state index is -0.690. The lowest BCUT2D eigenvalue weighted by Gasteiger charge is -2.10. The quantitative estimate of drug-likeness (QED) is 0.137. The highest BCUT2D eigenvalue weighted by Crippen LogP contribution is 2.30. The number of hydrogen-bond acceptors (Lipinski definition) is 8. The topological polar surface area (TPSA) is 117 Å². The second kappa shape index (κ2) is 11.1. The number of cyclic esters (lactones) is 1. The van der Waals surface area contributed by atoms with Crippen LogP contribution in [-0.2, 0) is 14.3 Å². The Morgan fingerprint density at radius 1 is 1.05 bits per heavy atom. The van der Waals surface area contributed by atoms with Gasteiger partial charge in [0.25, 0.3) is 5.69 Å². The Morgan fingerprint density at radius 3 is 2.57 bits per heavy atom. The Hall–Kier alpha value is -5.05. The predicted molar refractivity (Wildman–Crippen MR) is 137 cm³/mol. The molecule has 0 saturated carbocycles. The van der Waals surface area contributed by atoms with E-state index in [2.05, 4.69) is 4.99 Å². The van der Waals surface area contributed by atoms with Gasteiger partial charge in [0.15, 0.2) is 17.2 Å². The fourth-order valence-corrected chi connectivity index (χ4v) is 3.40. The summed E-state index contributed by atoms with van der Waals surface area (Å²) in [4.78, 5) is 39.4. The average Bonchev–Trinajstić information content (AvgIpc) is 3.25. The summed E-state index contributed by atoms with van der Waals surface area (Å²) in [7, 11) is 0. The van der Waals surface area contributed by atoms with Crippen LogP contribution in [0.4, 0.5) is 5.69 Å². The zero-order valence-corrected chi connectivity index (χ0v) is 20.0. The van der Waals surface area contributed by atoms with Crippen LogP contribution >= 0.6 is 0 Å². The largest absolute Gasteiger partial charge is 0.490 e. The van der Waals surface area contributed by atoms with E-state index in [9.17, 15) is 19.7 Å². The van der Waals surface area contributed by atoms with Gasteiger partial charge in [0.05, 0.1) is 11.5 Å². The van der Waals surface area contributed by atoms with Crippen LogP contribution in [0.2, 0.25) is 0 Å². The highest BCUT2D eigenvalue weighted by molar-refractivity contribution is 6.12. The number of nitrogens with zero attached hydrogens (tertiary/aromatic N) is 2. The van der Waals surface area contributed by atoms with Gasteiger partial charge < -0.3 is 14.2 Å². The van der Waals surface area contributed by atoms with Crippen molar-refractivity contribution in [3.63, 3.8) is 0 Å². The third-order valence-corrected chi connectivity index (χ3v) is 5.19. The van der Waals surface area contributed by atoms with E-state index < -0.39 is 16.9 Å². The lowest BCUT2D eigenvalue weighted by molar-refractivity contribution is -0.384. The van der Waals surface area contributed by atoms with Crippen molar-refractivity contribution in [2.45, 2.75) is 13.8 Å². The summed E-state index contributed by atoms with van der Waals surface area (Å²) in [5.74, 6) is -0.568. The Morgan fingerprint density at radius 2 is 1.84 bits per heavy atom. The van der Waals surface area contributed by atoms with Gasteiger partial charge in [-0.1, -0.05) is 35.9 Å². The molecule has 0 amide bonds. The minimum Gasteiger partial charge on any atom is -0.490 e. The minimum absolute atomic E-state index is 0.0830. The lowest BCUT2D eigenvalue weighted by Crippen LogP contribution is -2.06. The molecule has 0 bridgehead atoms. The monoisotopic (exact) mass is 498 g/mol. The number of nitro benzene ring substituents is 1. The van der Waals surface area contributed by atoms with Crippen LogP contribution in [0.25, 0.3) is 12.2 Å². The molecule has 0 aliphatic carbocycles. The zero-order valence-electron chi connectivity index (χ0n) is 20.0. The molecule has 4 rings (SSSR count). The smallest absolute Gasteiger partial charge is 0.363 e. The number of esters is 2. The molecular weight excluding hydrogens is 476 g/mol. The van der Waals surface area contributed by atoms with Crippen LogP contribution in [-0.4, -0.2) is 29.4 Å². The van der Waals surface area contributed by atoms with Gasteiger partial charge in [-0.25, -0.2) is 14.6 Å². The van der Waals surface area contributed by atoms with E-state index in [1.807, 2.05) is 31.2 Å². The van der Waals surface area contributed by atoms with Crippen molar-refractivity contribution in [1.29, 1.82) is 0 Å². The molecule has 1 aliphatic heterocycles. The van der Waals surface area contributed by atoms with Crippen LogP contribution in [0.1, 0.15) is 29.2 Å². The number of aryl methyl sites for hydroxylation is 1. The number of nitro groups is 1. The first-order chi connectivity index (χ1) is 17.8. The summed E-state index contributed by atoms with van der Waals surface area (Å²) in [6, 6.07) is 18.1. The van der Waals surface area contributed by atoms with E-state index in [4.69, 9.17) is 14.2 Å². The van der Waals surface area contributed by atoms with Crippen LogP contribution in [0, 0.1) is 17.0 Å². The van der Waals surface area contributed by atoms with Gasteiger partial charge in [-0.2, -0.15) is 0 Å². The third kappa shape index (κ3) is 6.34. The molecule has 0 radical (unpaired) electrons. The summed E-state index contributed by atoms with van der Waals surface area (Å²) >= 11 is 0. The van der Waals surface area contributed by atoms with E-state index in [0.29, 0.717) is 29.0 Å². The molecule has 0 aromatic heterocycles. The van der Waals surface area contributed by atoms with Crippen molar-refractivity contribution >= 4 is 35.7 Å². The number of hydrogen-bond donors (Lipinski definition) is 0. The van der Waals surface area contributed by atoms with E-state index in [0.717, 1.165) is 5.56 Å². The number of non-ortho nitro benzene ring substituents is 1. The molecule has 3 aromatic rings. The second-order valence-electron chi connectivity index (χ2n) is 7.95. The first-order valence-electron chi connectivity index (χ1n) is 11.3. The average molecular weight is 498 g/mol.